The summed E-state index contributed by atoms with van der Waals surface area (Å²) >= 11 is 0. The van der Waals surface area contributed by atoms with Crippen LogP contribution < -0.4 is 9.47 Å². The standard InChI is InChI=1S/C29H25F3N2O6/c30-29(31,32)40-21-10-8-19(9-11-21)25-23(27(36)28(37)34(25)20-12-15-38-16-13-20)26(35)24-22(7-4-14-33-24)39-17-18-5-2-1-3-6-18/h1-11,14,20,25,36H,12-13,15-17H2/t25-/m1/s1. The Bertz CT molecular complexity index is 1400. The molecular formula is C29H25F3N2O6. The molecule has 0 bridgehead atoms. The minimum Gasteiger partial charge on any atom is -0.503 e. The first kappa shape index (κ1) is 27.2. The van der Waals surface area contributed by atoms with E-state index in [1.807, 2.05) is 30.3 Å². The molecule has 1 aromatic heterocycles. The molecule has 3 heterocycles. The number of ether oxygens (including phenoxy) is 3. The monoisotopic (exact) mass is 554 g/mol. The molecule has 2 aromatic carbocycles. The van der Waals surface area contributed by atoms with E-state index in [0.717, 1.165) is 17.7 Å². The number of hydrogen-bond donors (Lipinski definition) is 1. The van der Waals surface area contributed by atoms with Gasteiger partial charge < -0.3 is 24.2 Å². The summed E-state index contributed by atoms with van der Waals surface area (Å²) in [4.78, 5) is 33.0. The molecule has 2 aliphatic heterocycles. The fourth-order valence-corrected chi connectivity index (χ4v) is 4.91. The van der Waals surface area contributed by atoms with Crippen molar-refractivity contribution < 1.29 is 42.1 Å². The number of Topliss-reactive ketones (excluding diaryl/α,β-unsaturated/α-hetero) is 1. The van der Waals surface area contributed by atoms with Gasteiger partial charge in [0.25, 0.3) is 5.91 Å². The summed E-state index contributed by atoms with van der Waals surface area (Å²) < 4.78 is 53.5. The fourth-order valence-electron chi connectivity index (χ4n) is 4.91. The van der Waals surface area contributed by atoms with E-state index in [-0.39, 0.29) is 29.7 Å². The molecule has 1 atom stereocenters. The Kier molecular flexibility index (Phi) is 7.74. The number of nitrogens with zero attached hydrogens (tertiary/aromatic N) is 2. The SMILES string of the molecule is O=C(C1=C(O)C(=O)N(C2CCOCC2)[C@@H]1c1ccc(OC(F)(F)F)cc1)c1ncccc1OCc1ccccc1. The van der Waals surface area contributed by atoms with Crippen molar-refractivity contribution in [2.75, 3.05) is 13.2 Å². The summed E-state index contributed by atoms with van der Waals surface area (Å²) in [5.41, 5.74) is 0.838. The number of amides is 1. The number of ketones is 1. The third-order valence-corrected chi connectivity index (χ3v) is 6.73. The first-order chi connectivity index (χ1) is 19.2. The van der Waals surface area contributed by atoms with Crippen LogP contribution in [0.5, 0.6) is 11.5 Å². The highest BCUT2D eigenvalue weighted by molar-refractivity contribution is 6.16. The Morgan fingerprint density at radius 1 is 1.02 bits per heavy atom. The maximum atomic E-state index is 14.0. The van der Waals surface area contributed by atoms with Crippen LogP contribution in [0.2, 0.25) is 0 Å². The lowest BCUT2D eigenvalue weighted by molar-refractivity contribution is -0.274. The second-order valence-corrected chi connectivity index (χ2v) is 9.29. The van der Waals surface area contributed by atoms with Crippen LogP contribution in [0.15, 0.2) is 84.3 Å². The van der Waals surface area contributed by atoms with Crippen molar-refractivity contribution in [1.29, 1.82) is 0 Å². The van der Waals surface area contributed by atoms with Gasteiger partial charge in [0.05, 0.1) is 11.6 Å². The van der Waals surface area contributed by atoms with E-state index in [1.54, 1.807) is 12.1 Å². The van der Waals surface area contributed by atoms with Gasteiger partial charge in [-0.2, -0.15) is 0 Å². The number of pyridine rings is 1. The predicted molar refractivity (Wildman–Crippen MR) is 136 cm³/mol. The molecule has 0 radical (unpaired) electrons. The number of alkyl halides is 3. The van der Waals surface area contributed by atoms with Gasteiger partial charge in [-0.3, -0.25) is 9.59 Å². The smallest absolute Gasteiger partial charge is 0.503 e. The molecule has 11 heteroatoms. The van der Waals surface area contributed by atoms with Crippen molar-refractivity contribution in [3.63, 3.8) is 0 Å². The van der Waals surface area contributed by atoms with Gasteiger partial charge in [-0.25, -0.2) is 4.98 Å². The van der Waals surface area contributed by atoms with E-state index in [9.17, 15) is 27.9 Å². The van der Waals surface area contributed by atoms with Crippen LogP contribution in [-0.4, -0.2) is 52.3 Å². The molecule has 40 heavy (non-hydrogen) atoms. The molecule has 3 aromatic rings. The van der Waals surface area contributed by atoms with Crippen molar-refractivity contribution in [2.45, 2.75) is 37.9 Å². The topological polar surface area (TPSA) is 98.2 Å². The Balaban J connectivity index is 1.51. The number of aliphatic hydroxyl groups is 1. The number of rotatable bonds is 8. The van der Waals surface area contributed by atoms with Crippen LogP contribution in [0.1, 0.15) is 40.5 Å². The van der Waals surface area contributed by atoms with Crippen molar-refractivity contribution >= 4 is 11.7 Å². The number of carbonyl (C=O) groups is 2. The summed E-state index contributed by atoms with van der Waals surface area (Å²) in [5, 5.41) is 11.0. The third kappa shape index (κ3) is 5.79. The molecule has 1 saturated heterocycles. The highest BCUT2D eigenvalue weighted by atomic mass is 19.4. The third-order valence-electron chi connectivity index (χ3n) is 6.73. The van der Waals surface area contributed by atoms with Gasteiger partial charge in [-0.05, 0) is 48.2 Å². The molecule has 1 amide bonds. The van der Waals surface area contributed by atoms with Crippen molar-refractivity contribution in [2.24, 2.45) is 0 Å². The summed E-state index contributed by atoms with van der Waals surface area (Å²) in [5.74, 6) is -2.53. The van der Waals surface area contributed by atoms with E-state index >= 15 is 0 Å². The molecule has 208 valence electrons. The van der Waals surface area contributed by atoms with E-state index in [1.165, 1.54) is 23.2 Å². The van der Waals surface area contributed by atoms with Crippen LogP contribution in [-0.2, 0) is 16.1 Å². The van der Waals surface area contributed by atoms with E-state index in [4.69, 9.17) is 9.47 Å². The van der Waals surface area contributed by atoms with Crippen LogP contribution in [0.3, 0.4) is 0 Å². The molecular weight excluding hydrogens is 529 g/mol. The molecule has 1 N–H and O–H groups in total. The van der Waals surface area contributed by atoms with Crippen LogP contribution in [0, 0.1) is 0 Å². The lowest BCUT2D eigenvalue weighted by Crippen LogP contribution is -2.43. The maximum absolute atomic E-state index is 14.0. The molecule has 0 aliphatic carbocycles. The van der Waals surface area contributed by atoms with Gasteiger partial charge in [-0.1, -0.05) is 42.5 Å². The van der Waals surface area contributed by atoms with Gasteiger partial charge in [-0.15, -0.1) is 13.2 Å². The number of aromatic nitrogens is 1. The minimum atomic E-state index is -4.88. The van der Waals surface area contributed by atoms with Crippen molar-refractivity contribution in [3.8, 4) is 11.5 Å². The lowest BCUT2D eigenvalue weighted by atomic mass is 9.92. The summed E-state index contributed by atoms with van der Waals surface area (Å²) in [6, 6.07) is 15.8. The largest absolute Gasteiger partial charge is 0.573 e. The average molecular weight is 555 g/mol. The summed E-state index contributed by atoms with van der Waals surface area (Å²) in [6.45, 7) is 0.900. The number of hydrogen-bond acceptors (Lipinski definition) is 7. The molecule has 0 spiro atoms. The first-order valence-corrected chi connectivity index (χ1v) is 12.6. The van der Waals surface area contributed by atoms with Gasteiger partial charge in [0.1, 0.15) is 18.1 Å². The predicted octanol–water partition coefficient (Wildman–Crippen LogP) is 5.32. The Labute approximate surface area is 227 Å². The zero-order valence-electron chi connectivity index (χ0n) is 21.1. The van der Waals surface area contributed by atoms with Gasteiger partial charge in [0.2, 0.25) is 5.78 Å². The van der Waals surface area contributed by atoms with Gasteiger partial charge in [0.15, 0.2) is 11.5 Å². The molecule has 2 aliphatic rings. The van der Waals surface area contributed by atoms with Gasteiger partial charge >= 0.3 is 6.36 Å². The average Bonchev–Trinajstić information content (AvgIpc) is 3.22. The van der Waals surface area contributed by atoms with Gasteiger partial charge in [0, 0.05) is 25.5 Å². The zero-order valence-corrected chi connectivity index (χ0v) is 21.1. The normalized spacial score (nSPS) is 18.2. The first-order valence-electron chi connectivity index (χ1n) is 12.6. The zero-order chi connectivity index (χ0) is 28.3. The number of benzene rings is 2. The maximum Gasteiger partial charge on any atom is 0.573 e. The summed E-state index contributed by atoms with van der Waals surface area (Å²) in [6.07, 6.45) is -2.57. The Morgan fingerprint density at radius 3 is 2.40 bits per heavy atom. The number of carbonyl (C=O) groups excluding carboxylic acids is 2. The molecule has 8 nitrogen and oxygen atoms in total. The molecule has 0 unspecified atom stereocenters. The minimum absolute atomic E-state index is 0.108. The van der Waals surface area contributed by atoms with Crippen molar-refractivity contribution in [3.05, 3.63) is 101 Å². The second kappa shape index (κ2) is 11.4. The van der Waals surface area contributed by atoms with E-state index in [0.29, 0.717) is 31.6 Å². The molecule has 0 saturated carbocycles. The highest BCUT2D eigenvalue weighted by Crippen LogP contribution is 2.43. The summed E-state index contributed by atoms with van der Waals surface area (Å²) in [7, 11) is 0. The van der Waals surface area contributed by atoms with Crippen LogP contribution in [0.25, 0.3) is 0 Å². The second-order valence-electron chi connectivity index (χ2n) is 9.29. The quantitative estimate of drug-likeness (QED) is 0.377. The Hall–Kier alpha value is -4.38. The molecule has 5 rings (SSSR count). The van der Waals surface area contributed by atoms with Crippen LogP contribution >= 0.6 is 0 Å². The number of aliphatic hydroxyl groups excluding tert-OH is 1. The Morgan fingerprint density at radius 2 is 1.73 bits per heavy atom. The fraction of sp³-hybridized carbons (Fsp3) is 0.276. The molecule has 1 fully saturated rings. The number of halogens is 3. The van der Waals surface area contributed by atoms with E-state index < -0.39 is 35.6 Å². The van der Waals surface area contributed by atoms with Crippen molar-refractivity contribution in [1.82, 2.24) is 9.88 Å². The van der Waals surface area contributed by atoms with Crippen LogP contribution in [0.4, 0.5) is 13.2 Å². The van der Waals surface area contributed by atoms with E-state index in [2.05, 4.69) is 9.72 Å². The highest BCUT2D eigenvalue weighted by Gasteiger charge is 2.47. The lowest BCUT2D eigenvalue weighted by Gasteiger charge is -2.36.